The van der Waals surface area contributed by atoms with Crippen molar-refractivity contribution in [3.8, 4) is 0 Å². The van der Waals surface area contributed by atoms with E-state index in [0.29, 0.717) is 11.1 Å². The molecule has 5 heteroatoms. The third-order valence-electron chi connectivity index (χ3n) is 5.83. The summed E-state index contributed by atoms with van der Waals surface area (Å²) in [7, 11) is 0. The molecule has 0 aromatic heterocycles. The van der Waals surface area contributed by atoms with Crippen LogP contribution in [-0.4, -0.2) is 28.7 Å². The van der Waals surface area contributed by atoms with Crippen molar-refractivity contribution in [3.63, 3.8) is 0 Å². The van der Waals surface area contributed by atoms with Crippen molar-refractivity contribution in [1.82, 2.24) is 10.2 Å². The molecular weight excluding hydrogens is 400 g/mol. The summed E-state index contributed by atoms with van der Waals surface area (Å²) >= 11 is 0. The van der Waals surface area contributed by atoms with Crippen LogP contribution >= 0.6 is 0 Å². The number of fused-ring (bicyclic) bond motifs is 1. The minimum atomic E-state index is -0.949. The SMILES string of the molecule is CC(C)C(NC(=O)C(Cc1ccccc1)N1C(=O)c2ccccc2C1=O)c1ccccc1. The quantitative estimate of drug-likeness (QED) is 0.569. The lowest BCUT2D eigenvalue weighted by Gasteiger charge is -2.29. The molecule has 3 aromatic carbocycles. The van der Waals surface area contributed by atoms with E-state index in [1.807, 2.05) is 74.5 Å². The van der Waals surface area contributed by atoms with Gasteiger partial charge in [-0.3, -0.25) is 19.3 Å². The maximum absolute atomic E-state index is 13.6. The van der Waals surface area contributed by atoms with Gasteiger partial charge in [-0.05, 0) is 29.2 Å². The monoisotopic (exact) mass is 426 g/mol. The van der Waals surface area contributed by atoms with Gasteiger partial charge in [0.1, 0.15) is 6.04 Å². The molecule has 0 fully saturated rings. The standard InChI is InChI=1S/C27H26N2O3/c1-18(2)24(20-13-7-4-8-14-20)28-25(30)23(17-19-11-5-3-6-12-19)29-26(31)21-15-9-10-16-22(21)27(29)32/h3-16,18,23-24H,17H2,1-2H3,(H,28,30). The molecule has 4 rings (SSSR count). The average Bonchev–Trinajstić information content (AvgIpc) is 3.07. The van der Waals surface area contributed by atoms with E-state index < -0.39 is 17.9 Å². The van der Waals surface area contributed by atoms with Crippen molar-refractivity contribution in [1.29, 1.82) is 0 Å². The van der Waals surface area contributed by atoms with E-state index >= 15 is 0 Å². The fourth-order valence-electron chi connectivity index (χ4n) is 4.17. The number of carbonyl (C=O) groups is 3. The predicted molar refractivity (Wildman–Crippen MR) is 123 cm³/mol. The summed E-state index contributed by atoms with van der Waals surface area (Å²) in [4.78, 5) is 41.0. The highest BCUT2D eigenvalue weighted by molar-refractivity contribution is 6.22. The van der Waals surface area contributed by atoms with Crippen LogP contribution in [0.1, 0.15) is 51.7 Å². The van der Waals surface area contributed by atoms with Crippen LogP contribution in [-0.2, 0) is 11.2 Å². The summed E-state index contributed by atoms with van der Waals surface area (Å²) in [5, 5.41) is 3.11. The van der Waals surface area contributed by atoms with Gasteiger partial charge in [-0.25, -0.2) is 0 Å². The van der Waals surface area contributed by atoms with E-state index in [1.165, 1.54) is 0 Å². The van der Waals surface area contributed by atoms with Gasteiger partial charge in [-0.2, -0.15) is 0 Å². The largest absolute Gasteiger partial charge is 0.347 e. The summed E-state index contributed by atoms with van der Waals surface area (Å²) in [6.07, 6.45) is 0.248. The second-order valence-electron chi connectivity index (χ2n) is 8.37. The van der Waals surface area contributed by atoms with Gasteiger partial charge in [0, 0.05) is 6.42 Å². The van der Waals surface area contributed by atoms with E-state index in [0.717, 1.165) is 16.0 Å². The normalized spacial score (nSPS) is 14.9. The minimum absolute atomic E-state index is 0.126. The summed E-state index contributed by atoms with van der Waals surface area (Å²) in [5.74, 6) is -1.07. The van der Waals surface area contributed by atoms with Crippen LogP contribution in [0.4, 0.5) is 0 Å². The molecule has 0 spiro atoms. The van der Waals surface area contributed by atoms with Gasteiger partial charge in [0.15, 0.2) is 0 Å². The highest BCUT2D eigenvalue weighted by Crippen LogP contribution is 2.27. The van der Waals surface area contributed by atoms with Gasteiger partial charge >= 0.3 is 0 Å². The van der Waals surface area contributed by atoms with Crippen LogP contribution in [0, 0.1) is 5.92 Å². The van der Waals surface area contributed by atoms with Crippen LogP contribution in [0.25, 0.3) is 0 Å². The van der Waals surface area contributed by atoms with E-state index in [4.69, 9.17) is 0 Å². The second kappa shape index (κ2) is 9.18. The van der Waals surface area contributed by atoms with Crippen LogP contribution in [0.5, 0.6) is 0 Å². The first-order chi connectivity index (χ1) is 15.5. The molecule has 1 aliphatic heterocycles. The Morgan fingerprint density at radius 3 is 1.81 bits per heavy atom. The van der Waals surface area contributed by atoms with Gasteiger partial charge in [0.05, 0.1) is 17.2 Å². The maximum atomic E-state index is 13.6. The molecule has 0 radical (unpaired) electrons. The van der Waals surface area contributed by atoms with Crippen LogP contribution < -0.4 is 5.32 Å². The van der Waals surface area contributed by atoms with Crippen LogP contribution in [0.2, 0.25) is 0 Å². The Morgan fingerprint density at radius 2 is 1.28 bits per heavy atom. The third-order valence-corrected chi connectivity index (χ3v) is 5.83. The first kappa shape index (κ1) is 21.5. The Bertz CT molecular complexity index is 1090. The molecular formula is C27H26N2O3. The Labute approximate surface area is 188 Å². The maximum Gasteiger partial charge on any atom is 0.262 e. The van der Waals surface area contributed by atoms with Gasteiger partial charge < -0.3 is 5.32 Å². The van der Waals surface area contributed by atoms with Crippen molar-refractivity contribution in [2.75, 3.05) is 0 Å². The van der Waals surface area contributed by atoms with E-state index in [1.54, 1.807) is 24.3 Å². The van der Waals surface area contributed by atoms with Crippen molar-refractivity contribution in [3.05, 3.63) is 107 Å². The number of imide groups is 1. The fourth-order valence-corrected chi connectivity index (χ4v) is 4.17. The number of rotatable bonds is 7. The number of benzene rings is 3. The van der Waals surface area contributed by atoms with Gasteiger partial charge in [0.2, 0.25) is 5.91 Å². The zero-order chi connectivity index (χ0) is 22.7. The van der Waals surface area contributed by atoms with E-state index in [-0.39, 0.29) is 24.3 Å². The Morgan fingerprint density at radius 1 is 0.781 bits per heavy atom. The molecule has 1 heterocycles. The lowest BCUT2D eigenvalue weighted by molar-refractivity contribution is -0.126. The smallest absolute Gasteiger partial charge is 0.262 e. The summed E-state index contributed by atoms with van der Waals surface area (Å²) in [5.41, 5.74) is 2.54. The van der Waals surface area contributed by atoms with Crippen LogP contribution in [0.3, 0.4) is 0 Å². The van der Waals surface area contributed by atoms with Crippen LogP contribution in [0.15, 0.2) is 84.9 Å². The molecule has 0 saturated heterocycles. The minimum Gasteiger partial charge on any atom is -0.347 e. The second-order valence-corrected chi connectivity index (χ2v) is 8.37. The number of amides is 3. The van der Waals surface area contributed by atoms with E-state index in [9.17, 15) is 14.4 Å². The van der Waals surface area contributed by atoms with Crippen molar-refractivity contribution < 1.29 is 14.4 Å². The summed E-state index contributed by atoms with van der Waals surface area (Å²) < 4.78 is 0. The molecule has 32 heavy (non-hydrogen) atoms. The lowest BCUT2D eigenvalue weighted by Crippen LogP contribution is -2.51. The van der Waals surface area contributed by atoms with E-state index in [2.05, 4.69) is 5.32 Å². The molecule has 162 valence electrons. The number of hydrogen-bond acceptors (Lipinski definition) is 3. The zero-order valence-corrected chi connectivity index (χ0v) is 18.2. The average molecular weight is 427 g/mol. The van der Waals surface area contributed by atoms with Gasteiger partial charge in [-0.15, -0.1) is 0 Å². The highest BCUT2D eigenvalue weighted by Gasteiger charge is 2.43. The molecule has 5 nitrogen and oxygen atoms in total. The lowest BCUT2D eigenvalue weighted by atomic mass is 9.95. The molecule has 0 saturated carbocycles. The molecule has 0 bridgehead atoms. The number of nitrogens with one attached hydrogen (secondary N) is 1. The van der Waals surface area contributed by atoms with Crippen molar-refractivity contribution in [2.24, 2.45) is 5.92 Å². The molecule has 2 unspecified atom stereocenters. The predicted octanol–water partition coefficient (Wildman–Crippen LogP) is 4.41. The summed E-state index contributed by atoms with van der Waals surface area (Å²) in [6.45, 7) is 4.07. The highest BCUT2D eigenvalue weighted by atomic mass is 16.2. The van der Waals surface area contributed by atoms with Gasteiger partial charge in [0.25, 0.3) is 11.8 Å². The molecule has 1 N–H and O–H groups in total. The number of carbonyl (C=O) groups excluding carboxylic acids is 3. The fraction of sp³-hybridized carbons (Fsp3) is 0.222. The molecule has 3 amide bonds. The number of hydrogen-bond donors (Lipinski definition) is 1. The molecule has 3 aromatic rings. The zero-order valence-electron chi connectivity index (χ0n) is 18.2. The molecule has 0 aliphatic carbocycles. The van der Waals surface area contributed by atoms with Gasteiger partial charge in [-0.1, -0.05) is 86.6 Å². The van der Waals surface area contributed by atoms with Crippen molar-refractivity contribution >= 4 is 17.7 Å². The topological polar surface area (TPSA) is 66.5 Å². The molecule has 1 aliphatic rings. The Balaban J connectivity index is 1.68. The molecule has 2 atom stereocenters. The third kappa shape index (κ3) is 4.19. The van der Waals surface area contributed by atoms with Crippen molar-refractivity contribution in [2.45, 2.75) is 32.4 Å². The summed E-state index contributed by atoms with van der Waals surface area (Å²) in [6, 6.07) is 24.7. The first-order valence-corrected chi connectivity index (χ1v) is 10.8. The Kier molecular flexibility index (Phi) is 6.17. The Hall–Kier alpha value is -3.73. The number of nitrogens with zero attached hydrogens (tertiary/aromatic N) is 1. The first-order valence-electron chi connectivity index (χ1n) is 10.8.